The maximum atomic E-state index is 12.2. The quantitative estimate of drug-likeness (QED) is 0.588. The van der Waals surface area contributed by atoms with Gasteiger partial charge in [0.05, 0.1) is 5.52 Å². The summed E-state index contributed by atoms with van der Waals surface area (Å²) < 4.78 is 7.76. The molecule has 1 aliphatic rings. The Bertz CT molecular complexity index is 842. The lowest BCUT2D eigenvalue weighted by molar-refractivity contribution is 0.126. The van der Waals surface area contributed by atoms with Crippen LogP contribution >= 0.6 is 0 Å². The molecule has 2 amide bonds. The Labute approximate surface area is 172 Å². The molecular weight excluding hydrogens is 368 g/mol. The van der Waals surface area contributed by atoms with E-state index < -0.39 is 0 Å². The molecular formula is C21H34N6O2. The van der Waals surface area contributed by atoms with Gasteiger partial charge < -0.3 is 25.7 Å². The van der Waals surface area contributed by atoms with Gasteiger partial charge in [0.15, 0.2) is 5.82 Å². The molecule has 1 aliphatic carbocycles. The molecule has 2 heterocycles. The predicted molar refractivity (Wildman–Crippen MR) is 115 cm³/mol. The molecule has 0 spiro atoms. The fraction of sp³-hybridized carbons (Fsp3) is 0.667. The van der Waals surface area contributed by atoms with Crippen LogP contribution in [-0.2, 0) is 17.9 Å². The van der Waals surface area contributed by atoms with Crippen molar-refractivity contribution in [1.29, 1.82) is 0 Å². The summed E-state index contributed by atoms with van der Waals surface area (Å²) >= 11 is 0. The summed E-state index contributed by atoms with van der Waals surface area (Å²) in [6, 6.07) is 0.252. The number of urea groups is 1. The third kappa shape index (κ3) is 5.18. The van der Waals surface area contributed by atoms with E-state index in [1.165, 1.54) is 19.3 Å². The van der Waals surface area contributed by atoms with E-state index in [4.69, 9.17) is 15.5 Å². The smallest absolute Gasteiger partial charge is 0.315 e. The highest BCUT2D eigenvalue weighted by atomic mass is 16.5. The average Bonchev–Trinajstić information content (AvgIpc) is 3.08. The predicted octanol–water partition coefficient (Wildman–Crippen LogP) is 3.19. The van der Waals surface area contributed by atoms with Gasteiger partial charge >= 0.3 is 6.03 Å². The van der Waals surface area contributed by atoms with Crippen molar-refractivity contribution in [2.75, 3.05) is 18.9 Å². The number of hydrogen-bond donors (Lipinski definition) is 3. The summed E-state index contributed by atoms with van der Waals surface area (Å²) in [6.45, 7) is 8.35. The van der Waals surface area contributed by atoms with Crippen LogP contribution in [0.1, 0.15) is 62.5 Å². The maximum absolute atomic E-state index is 12.2. The van der Waals surface area contributed by atoms with E-state index in [0.29, 0.717) is 31.6 Å². The van der Waals surface area contributed by atoms with Crippen LogP contribution in [-0.4, -0.2) is 39.8 Å². The number of nitrogens with one attached hydrogen (secondary N) is 2. The number of rotatable bonds is 8. The van der Waals surface area contributed by atoms with Crippen LogP contribution in [0.5, 0.6) is 0 Å². The normalized spacial score (nSPS) is 15.0. The third-order valence-corrected chi connectivity index (χ3v) is 5.70. The molecule has 4 N–H and O–H groups in total. The largest absolute Gasteiger partial charge is 0.382 e. The zero-order valence-corrected chi connectivity index (χ0v) is 17.9. The van der Waals surface area contributed by atoms with Gasteiger partial charge in [0, 0.05) is 31.4 Å². The van der Waals surface area contributed by atoms with Gasteiger partial charge in [-0.05, 0) is 45.6 Å². The summed E-state index contributed by atoms with van der Waals surface area (Å²) in [4.78, 5) is 21.3. The minimum Gasteiger partial charge on any atom is -0.382 e. The molecule has 0 aromatic carbocycles. The number of pyridine rings is 1. The van der Waals surface area contributed by atoms with Crippen LogP contribution in [0.25, 0.3) is 11.0 Å². The van der Waals surface area contributed by atoms with Crippen molar-refractivity contribution in [2.45, 2.75) is 78.5 Å². The summed E-state index contributed by atoms with van der Waals surface area (Å²) in [7, 11) is 0. The molecule has 0 unspecified atom stereocenters. The van der Waals surface area contributed by atoms with Crippen molar-refractivity contribution in [2.24, 2.45) is 0 Å². The first kappa shape index (κ1) is 21.4. The first-order chi connectivity index (χ1) is 14.0. The highest BCUT2D eigenvalue weighted by Gasteiger charge is 2.18. The molecule has 0 aliphatic heterocycles. The fourth-order valence-electron chi connectivity index (χ4n) is 4.01. The number of ether oxygens (including phenoxy) is 1. The standard InChI is InChI=1S/C21H34N6O2/c1-4-29-13-17-26-18-19(14(2)15(3)24-20(18)22)27(17)12-8-11-23-21(28)25-16-9-6-5-7-10-16/h16H,4-13H2,1-3H3,(H2,22,24)(H2,23,25,28). The van der Waals surface area contributed by atoms with Crippen LogP contribution in [0.3, 0.4) is 0 Å². The van der Waals surface area contributed by atoms with E-state index in [-0.39, 0.29) is 6.03 Å². The van der Waals surface area contributed by atoms with Crippen molar-refractivity contribution in [3.8, 4) is 0 Å². The summed E-state index contributed by atoms with van der Waals surface area (Å²) in [5, 5.41) is 6.08. The molecule has 1 fully saturated rings. The third-order valence-electron chi connectivity index (χ3n) is 5.70. The number of anilines is 1. The number of nitrogens with zero attached hydrogens (tertiary/aromatic N) is 3. The topological polar surface area (TPSA) is 107 Å². The van der Waals surface area contributed by atoms with Crippen molar-refractivity contribution >= 4 is 22.9 Å². The minimum atomic E-state index is -0.0672. The monoisotopic (exact) mass is 402 g/mol. The molecule has 2 aromatic rings. The van der Waals surface area contributed by atoms with E-state index >= 15 is 0 Å². The molecule has 3 rings (SSSR count). The lowest BCUT2D eigenvalue weighted by atomic mass is 9.96. The van der Waals surface area contributed by atoms with Crippen molar-refractivity contribution in [1.82, 2.24) is 25.2 Å². The molecule has 0 atom stereocenters. The lowest BCUT2D eigenvalue weighted by Gasteiger charge is -2.22. The number of carbonyl (C=O) groups excluding carboxylic acids is 1. The van der Waals surface area contributed by atoms with Gasteiger partial charge in [-0.2, -0.15) is 0 Å². The average molecular weight is 403 g/mol. The summed E-state index contributed by atoms with van der Waals surface area (Å²) in [5.74, 6) is 1.29. The maximum Gasteiger partial charge on any atom is 0.315 e. The van der Waals surface area contributed by atoms with Crippen LogP contribution < -0.4 is 16.4 Å². The number of imidazole rings is 1. The van der Waals surface area contributed by atoms with Crippen LogP contribution in [0.4, 0.5) is 10.6 Å². The number of nitrogens with two attached hydrogens (primary N) is 1. The van der Waals surface area contributed by atoms with E-state index in [1.807, 2.05) is 20.8 Å². The van der Waals surface area contributed by atoms with Crippen molar-refractivity contribution in [3.63, 3.8) is 0 Å². The SMILES string of the molecule is CCOCc1nc2c(N)nc(C)c(C)c2n1CCCNC(=O)NC1CCCCC1. The molecule has 0 bridgehead atoms. The Hall–Kier alpha value is -2.35. The number of carbonyl (C=O) groups is 1. The second-order valence-electron chi connectivity index (χ2n) is 7.81. The summed E-state index contributed by atoms with van der Waals surface area (Å²) in [6.07, 6.45) is 6.66. The molecule has 29 heavy (non-hydrogen) atoms. The zero-order chi connectivity index (χ0) is 20.8. The number of hydrogen-bond acceptors (Lipinski definition) is 5. The van der Waals surface area contributed by atoms with Crippen LogP contribution in [0.2, 0.25) is 0 Å². The van der Waals surface area contributed by atoms with Gasteiger partial charge in [-0.15, -0.1) is 0 Å². The van der Waals surface area contributed by atoms with Gasteiger partial charge in [0.25, 0.3) is 0 Å². The molecule has 160 valence electrons. The van der Waals surface area contributed by atoms with Crippen LogP contribution in [0, 0.1) is 13.8 Å². The molecule has 8 nitrogen and oxygen atoms in total. The number of nitrogen functional groups attached to an aromatic ring is 1. The lowest BCUT2D eigenvalue weighted by Crippen LogP contribution is -2.43. The van der Waals surface area contributed by atoms with E-state index in [0.717, 1.165) is 53.9 Å². The molecule has 8 heteroatoms. The molecule has 2 aromatic heterocycles. The van der Waals surface area contributed by atoms with Crippen molar-refractivity contribution < 1.29 is 9.53 Å². The van der Waals surface area contributed by atoms with Gasteiger partial charge in [0.1, 0.15) is 17.9 Å². The second kappa shape index (κ2) is 9.91. The van der Waals surface area contributed by atoms with E-state index in [1.54, 1.807) is 0 Å². The Balaban J connectivity index is 1.64. The molecule has 0 radical (unpaired) electrons. The van der Waals surface area contributed by atoms with E-state index in [9.17, 15) is 4.79 Å². The Morgan fingerprint density at radius 1 is 1.24 bits per heavy atom. The molecule has 1 saturated carbocycles. The van der Waals surface area contributed by atoms with Crippen LogP contribution in [0.15, 0.2) is 0 Å². The van der Waals surface area contributed by atoms with Gasteiger partial charge in [-0.25, -0.2) is 14.8 Å². The fourth-order valence-corrected chi connectivity index (χ4v) is 4.01. The first-order valence-corrected chi connectivity index (χ1v) is 10.7. The second-order valence-corrected chi connectivity index (χ2v) is 7.81. The number of fused-ring (bicyclic) bond motifs is 1. The Morgan fingerprint density at radius 3 is 2.72 bits per heavy atom. The molecule has 0 saturated heterocycles. The number of amides is 2. The highest BCUT2D eigenvalue weighted by molar-refractivity contribution is 5.88. The summed E-state index contributed by atoms with van der Waals surface area (Å²) in [5.41, 5.74) is 9.85. The van der Waals surface area contributed by atoms with Gasteiger partial charge in [0.2, 0.25) is 0 Å². The Kier molecular flexibility index (Phi) is 7.30. The van der Waals surface area contributed by atoms with Gasteiger partial charge in [-0.3, -0.25) is 0 Å². The highest BCUT2D eigenvalue weighted by Crippen LogP contribution is 2.26. The van der Waals surface area contributed by atoms with Crippen molar-refractivity contribution in [3.05, 3.63) is 17.1 Å². The Morgan fingerprint density at radius 2 is 2.00 bits per heavy atom. The first-order valence-electron chi connectivity index (χ1n) is 10.7. The van der Waals surface area contributed by atoms with E-state index in [2.05, 4.69) is 20.2 Å². The zero-order valence-electron chi connectivity index (χ0n) is 17.9. The van der Waals surface area contributed by atoms with Gasteiger partial charge in [-0.1, -0.05) is 19.3 Å². The number of aromatic nitrogens is 3. The number of aryl methyl sites for hydroxylation is 3. The minimum absolute atomic E-state index is 0.0672.